The molecule has 1 aliphatic heterocycles. The summed E-state index contributed by atoms with van der Waals surface area (Å²) in [6.07, 6.45) is 2.27. The molecule has 3 aromatic rings. The lowest BCUT2D eigenvalue weighted by molar-refractivity contribution is -0.144. The first-order chi connectivity index (χ1) is 38.7. The molecule has 0 bridgehead atoms. The van der Waals surface area contributed by atoms with Crippen molar-refractivity contribution in [2.45, 2.75) is 194 Å². The topological polar surface area (TPSA) is 307 Å². The molecule has 3 aromatic carbocycles. The van der Waals surface area contributed by atoms with Gasteiger partial charge in [0.1, 0.15) is 58.3 Å². The van der Waals surface area contributed by atoms with Gasteiger partial charge < -0.3 is 52.1 Å². The molecule has 4 rings (SSSR count). The first-order valence-corrected chi connectivity index (χ1v) is 28.3. The lowest BCUT2D eigenvalue weighted by atomic mass is 9.98. The second kappa shape index (κ2) is 30.3. The molecule has 456 valence electrons. The minimum atomic E-state index is -1.43. The van der Waals surface area contributed by atoms with E-state index in [4.69, 9.17) is 36.1 Å². The van der Waals surface area contributed by atoms with Crippen molar-refractivity contribution in [1.29, 1.82) is 0 Å². The molecule has 0 radical (unpaired) electrons. The van der Waals surface area contributed by atoms with Crippen molar-refractivity contribution < 1.29 is 56.9 Å². The van der Waals surface area contributed by atoms with Gasteiger partial charge in [0.05, 0.1) is 6.04 Å². The average Bonchev–Trinajstić information content (AvgIpc) is 2.44. The van der Waals surface area contributed by atoms with Gasteiger partial charge in [0, 0.05) is 36.6 Å². The number of quaternary nitrogens is 1. The van der Waals surface area contributed by atoms with E-state index < -0.39 is 98.8 Å². The number of alkyl carbamates (subject to hydrolysis) is 3. The van der Waals surface area contributed by atoms with Crippen molar-refractivity contribution in [2.75, 3.05) is 19.6 Å². The van der Waals surface area contributed by atoms with E-state index in [0.717, 1.165) is 0 Å². The summed E-state index contributed by atoms with van der Waals surface area (Å²) in [7, 11) is 0. The van der Waals surface area contributed by atoms with Gasteiger partial charge in [-0.3, -0.25) is 25.2 Å². The van der Waals surface area contributed by atoms with Crippen LogP contribution in [0, 0.1) is 5.82 Å². The Kier molecular flexibility index (Phi) is 24.9. The van der Waals surface area contributed by atoms with Gasteiger partial charge in [-0.25, -0.2) is 28.4 Å². The maximum Gasteiger partial charge on any atom is 0.414 e. The monoisotopic (exact) mass is 1160 g/mol. The lowest BCUT2D eigenvalue weighted by Crippen LogP contribution is -2.66. The van der Waals surface area contributed by atoms with Crippen LogP contribution >= 0.6 is 0 Å². The average molecular weight is 1160 g/mol. The van der Waals surface area contributed by atoms with Crippen LogP contribution in [0.1, 0.15) is 151 Å². The highest BCUT2D eigenvalue weighted by Crippen LogP contribution is 2.44. The summed E-state index contributed by atoms with van der Waals surface area (Å²) >= 11 is 0. The summed E-state index contributed by atoms with van der Waals surface area (Å²) in [6, 6.07) is 14.5. The number of halogens is 1. The van der Waals surface area contributed by atoms with Crippen LogP contribution < -0.4 is 53.0 Å². The molecule has 5 atom stereocenters. The minimum absolute atomic E-state index is 0.0790. The molecule has 0 spiro atoms. The molecule has 0 aliphatic carbocycles. The highest BCUT2D eigenvalue weighted by molar-refractivity contribution is 6.18. The molecule has 11 N–H and O–H groups in total. The highest BCUT2D eigenvalue weighted by Gasteiger charge is 2.56. The standard InChI is InChI=1S/C61H89FN10O11/c1-58(2,3)80-43-30-26-40(27-31-43)36-48(53(76)72(52(75)45(64)22-17-18-32-63)38-41(44-21-15-16-23-49(44)72)37-46(50(65)73)69-55(77)81-59(4,5)6)68-51(74)47(35-39-24-28-42(62)29-25-39)66-33-19-13-14-20-34-67-54(70-56(78)82-60(7,8)9)71-57(79)83-61(10,11)12/h15-16,21,23-31,38,45-48,66H,13-14,17-20,22,32-37,63-64H2,1-12H3,(H5-,65,67,68,69,70,71,73,74,77,78,79)/p+1/t45-,46-,47-,48-,72?/m0/s1. The number of rotatable bonds is 25. The zero-order valence-electron chi connectivity index (χ0n) is 50.5. The number of nitrogens with two attached hydrogens (primary N) is 3. The zero-order chi connectivity index (χ0) is 61.9. The highest BCUT2D eigenvalue weighted by atomic mass is 19.1. The summed E-state index contributed by atoms with van der Waals surface area (Å²) in [6.45, 7) is 21.8. The van der Waals surface area contributed by atoms with Crippen LogP contribution in [-0.4, -0.2) is 114 Å². The summed E-state index contributed by atoms with van der Waals surface area (Å²) < 4.78 is 35.4. The van der Waals surface area contributed by atoms with Crippen molar-refractivity contribution in [3.8, 4) is 5.75 Å². The van der Waals surface area contributed by atoms with E-state index in [2.05, 4.69) is 31.6 Å². The zero-order valence-corrected chi connectivity index (χ0v) is 50.5. The van der Waals surface area contributed by atoms with E-state index in [1.165, 1.54) is 18.3 Å². The Morgan fingerprint density at radius 3 is 1.70 bits per heavy atom. The molecule has 7 amide bonds. The molecule has 22 heteroatoms. The van der Waals surface area contributed by atoms with E-state index in [9.17, 15) is 23.6 Å². The molecule has 1 aliphatic rings. The summed E-state index contributed by atoms with van der Waals surface area (Å²) in [5, 5.41) is 13.9. The Bertz CT molecular complexity index is 2730. The third-order valence-corrected chi connectivity index (χ3v) is 12.5. The number of fused-ring (bicyclic) bond motifs is 1. The second-order valence-corrected chi connectivity index (χ2v) is 24.6. The van der Waals surface area contributed by atoms with Gasteiger partial charge >= 0.3 is 30.1 Å². The fourth-order valence-electron chi connectivity index (χ4n) is 8.93. The number of aliphatic imine (C=N–C) groups is 1. The Morgan fingerprint density at radius 2 is 1.14 bits per heavy atom. The van der Waals surface area contributed by atoms with Crippen LogP contribution in [0.4, 0.5) is 24.5 Å². The smallest absolute Gasteiger partial charge is 0.414 e. The number of carbonyl (C=O) groups excluding carboxylic acids is 7. The van der Waals surface area contributed by atoms with E-state index >= 15 is 14.4 Å². The molecule has 0 fully saturated rings. The van der Waals surface area contributed by atoms with Gasteiger partial charge in [-0.1, -0.05) is 49.2 Å². The van der Waals surface area contributed by atoms with Crippen molar-refractivity contribution in [1.82, 2.24) is 31.1 Å². The number of nitrogens with zero attached hydrogens (tertiary/aromatic N) is 2. The fraction of sp³-hybridized carbons (Fsp3) is 0.541. The number of carbonyl (C=O) groups is 7. The van der Waals surface area contributed by atoms with Gasteiger partial charge in [-0.15, -0.1) is 4.48 Å². The predicted octanol–water partition coefficient (Wildman–Crippen LogP) is 7.84. The molecule has 1 unspecified atom stereocenters. The Hall–Kier alpha value is -7.27. The molecule has 21 nitrogen and oxygen atoms in total. The third-order valence-electron chi connectivity index (χ3n) is 12.5. The molecule has 0 saturated carbocycles. The van der Waals surface area contributed by atoms with E-state index in [1.807, 2.05) is 20.8 Å². The second-order valence-electron chi connectivity index (χ2n) is 24.6. The van der Waals surface area contributed by atoms with Crippen molar-refractivity contribution in [2.24, 2.45) is 22.2 Å². The normalized spacial score (nSPS) is 15.7. The van der Waals surface area contributed by atoms with Crippen molar-refractivity contribution >= 4 is 59.1 Å². The van der Waals surface area contributed by atoms with E-state index in [0.29, 0.717) is 79.6 Å². The van der Waals surface area contributed by atoms with E-state index in [1.54, 1.807) is 123 Å². The Labute approximate surface area is 488 Å². The number of guanidine groups is 1. The van der Waals surface area contributed by atoms with Gasteiger partial charge in [-0.05, 0) is 176 Å². The maximum atomic E-state index is 16.1. The van der Waals surface area contributed by atoms with Crippen molar-refractivity contribution in [3.63, 3.8) is 0 Å². The lowest BCUT2D eigenvalue weighted by Gasteiger charge is -2.33. The molecule has 83 heavy (non-hydrogen) atoms. The molecule has 0 saturated heterocycles. The van der Waals surface area contributed by atoms with E-state index in [-0.39, 0.29) is 43.9 Å². The largest absolute Gasteiger partial charge is 0.488 e. The predicted molar refractivity (Wildman–Crippen MR) is 318 cm³/mol. The SMILES string of the molecule is CC(C)(C)OC(=O)NC(=NCCCCCCN[C@@H](Cc1ccc(F)cc1)C(=O)N[C@@H](Cc1ccc(OC(C)(C)C)cc1)C(=O)[N+]1(C(=O)[C@@H](N)CCCCN)C=C(C[C@H](NC(=O)OC(C)(C)C)C(N)=O)c2ccccc21)NC(=O)OC(C)(C)C. The number of amides is 7. The summed E-state index contributed by atoms with van der Waals surface area (Å²) in [4.78, 5) is 102. The van der Waals surface area contributed by atoms with Crippen LogP contribution in [0.15, 0.2) is 84.0 Å². The molecular weight excluding hydrogens is 1070 g/mol. The number of imide groups is 1. The number of unbranched alkanes of at least 4 members (excludes halogenated alkanes) is 4. The number of benzene rings is 3. The van der Waals surface area contributed by atoms with Gasteiger partial charge in [0.15, 0.2) is 5.69 Å². The van der Waals surface area contributed by atoms with Crippen molar-refractivity contribution in [3.05, 3.63) is 102 Å². The third kappa shape index (κ3) is 23.1. The fourth-order valence-corrected chi connectivity index (χ4v) is 8.93. The first-order valence-electron chi connectivity index (χ1n) is 28.3. The van der Waals surface area contributed by atoms with Crippen LogP contribution in [0.25, 0.3) is 5.57 Å². The maximum absolute atomic E-state index is 16.1. The summed E-state index contributed by atoms with van der Waals surface area (Å²) in [5.41, 5.74) is 17.6. The quantitative estimate of drug-likeness (QED) is 0.0132. The van der Waals surface area contributed by atoms with Crippen LogP contribution in [0.2, 0.25) is 0 Å². The van der Waals surface area contributed by atoms with Gasteiger partial charge in [-0.2, -0.15) is 0 Å². The molecule has 1 heterocycles. The van der Waals surface area contributed by atoms with Crippen LogP contribution in [0.5, 0.6) is 5.75 Å². The molecular formula is C61H90FN10O11+. The Balaban J connectivity index is 1.73. The van der Waals surface area contributed by atoms with Crippen LogP contribution in [0.3, 0.4) is 0 Å². The Morgan fingerprint density at radius 1 is 0.602 bits per heavy atom. The number of hydrogen-bond donors (Lipinski definition) is 8. The number of hydrogen-bond acceptors (Lipinski definition) is 15. The number of primary amides is 1. The number of para-hydroxylation sites is 1. The first kappa shape index (κ1) is 68.2. The number of ether oxygens (including phenoxy) is 4. The van der Waals surface area contributed by atoms with Gasteiger partial charge in [0.25, 0.3) is 0 Å². The summed E-state index contributed by atoms with van der Waals surface area (Å²) in [5.74, 6) is -3.01. The minimum Gasteiger partial charge on any atom is -0.488 e. The van der Waals surface area contributed by atoms with Gasteiger partial charge in [0.2, 0.25) is 17.8 Å². The number of nitrogens with one attached hydrogen (secondary N) is 5. The van der Waals surface area contributed by atoms with Crippen LogP contribution in [-0.2, 0) is 46.2 Å². The molecule has 0 aromatic heterocycles.